The van der Waals surface area contributed by atoms with E-state index in [-0.39, 0.29) is 35.5 Å². The number of rotatable bonds is 11. The maximum Gasteiger partial charge on any atom is 0.270 e. The molecular formula is C25H29N5O7S. The van der Waals surface area contributed by atoms with Crippen molar-refractivity contribution in [3.8, 4) is 11.5 Å². The molecule has 3 aromatic rings. The number of methoxy groups -OCH3 is 2. The predicted molar refractivity (Wildman–Crippen MR) is 138 cm³/mol. The van der Waals surface area contributed by atoms with Gasteiger partial charge in [0.25, 0.3) is 11.8 Å². The molecule has 4 rings (SSSR count). The lowest BCUT2D eigenvalue weighted by Crippen LogP contribution is -2.45. The maximum atomic E-state index is 13.9. The Morgan fingerprint density at radius 3 is 2.63 bits per heavy atom. The fourth-order valence-electron chi connectivity index (χ4n) is 4.22. The second-order valence-corrected chi connectivity index (χ2v) is 9.32. The highest BCUT2D eigenvalue weighted by Crippen LogP contribution is 2.35. The number of ether oxygens (including phenoxy) is 3. The number of furan rings is 1. The van der Waals surface area contributed by atoms with Crippen molar-refractivity contribution in [2.24, 2.45) is 5.73 Å². The highest BCUT2D eigenvalue weighted by atomic mass is 32.1. The van der Waals surface area contributed by atoms with Gasteiger partial charge in [-0.1, -0.05) is 6.07 Å². The van der Waals surface area contributed by atoms with Gasteiger partial charge in [0.05, 0.1) is 38.8 Å². The van der Waals surface area contributed by atoms with Crippen LogP contribution in [0.4, 0.5) is 5.69 Å². The van der Waals surface area contributed by atoms with Gasteiger partial charge in [-0.15, -0.1) is 0 Å². The summed E-state index contributed by atoms with van der Waals surface area (Å²) in [5, 5.41) is 2.92. The van der Waals surface area contributed by atoms with Crippen LogP contribution < -0.4 is 26.3 Å². The molecule has 0 unspecified atom stereocenters. The van der Waals surface area contributed by atoms with Crippen LogP contribution >= 0.6 is 11.5 Å². The topological polar surface area (TPSA) is 172 Å². The SMILES string of the molecule is COc1ccc([C@@H](C(=O)NC[C@H]2CCCO2)N(Cc2ccco2)C(=O)c2snc(C(N)=O)c2N)cc1OC. The van der Waals surface area contributed by atoms with Crippen LogP contribution in [0.15, 0.2) is 41.0 Å². The Balaban J connectivity index is 1.78. The van der Waals surface area contributed by atoms with Crippen molar-refractivity contribution in [3.63, 3.8) is 0 Å². The average molecular weight is 544 g/mol. The zero-order valence-electron chi connectivity index (χ0n) is 21.0. The van der Waals surface area contributed by atoms with Crippen molar-refractivity contribution < 1.29 is 33.0 Å². The molecule has 1 saturated heterocycles. The Hall–Kier alpha value is -4.10. The number of primary amides is 1. The lowest BCUT2D eigenvalue weighted by atomic mass is 10.0. The standard InChI is InChI=1S/C25H29N5O7S/c1-34-17-8-7-14(11-18(17)35-2)21(24(32)28-12-15-5-3-9-36-15)30(13-16-6-4-10-37-16)25(33)22-19(26)20(23(27)31)29-38-22/h4,6-8,10-11,15,21H,3,5,9,12-13,26H2,1-2H3,(H2,27,31)(H,28,32)/t15-,21+/m1/s1. The maximum absolute atomic E-state index is 13.9. The molecule has 1 aromatic carbocycles. The molecule has 0 saturated carbocycles. The minimum absolute atomic E-state index is 0.0252. The molecule has 2 atom stereocenters. The molecule has 1 aliphatic rings. The summed E-state index contributed by atoms with van der Waals surface area (Å²) in [6.07, 6.45) is 3.08. The van der Waals surface area contributed by atoms with Crippen molar-refractivity contribution in [2.75, 3.05) is 33.1 Å². The van der Waals surface area contributed by atoms with Crippen molar-refractivity contribution in [1.29, 1.82) is 0 Å². The van der Waals surface area contributed by atoms with Gasteiger partial charge in [0, 0.05) is 13.2 Å². The number of carbonyl (C=O) groups excluding carboxylic acids is 3. The number of nitrogens with two attached hydrogens (primary N) is 2. The van der Waals surface area contributed by atoms with Gasteiger partial charge in [0.1, 0.15) is 16.7 Å². The van der Waals surface area contributed by atoms with Crippen LogP contribution in [0.1, 0.15) is 50.4 Å². The predicted octanol–water partition coefficient (Wildman–Crippen LogP) is 2.11. The minimum atomic E-state index is -1.15. The van der Waals surface area contributed by atoms with Gasteiger partial charge in [0.15, 0.2) is 17.2 Å². The molecule has 202 valence electrons. The molecule has 1 fully saturated rings. The molecule has 12 nitrogen and oxygen atoms in total. The van der Waals surface area contributed by atoms with E-state index in [0.29, 0.717) is 29.4 Å². The number of carbonyl (C=O) groups is 3. The molecule has 0 aliphatic carbocycles. The number of amides is 3. The number of hydrogen-bond acceptors (Lipinski definition) is 10. The quantitative estimate of drug-likeness (QED) is 0.327. The highest BCUT2D eigenvalue weighted by molar-refractivity contribution is 7.09. The molecule has 0 spiro atoms. The first-order valence-electron chi connectivity index (χ1n) is 11.8. The first-order valence-corrected chi connectivity index (χ1v) is 12.6. The van der Waals surface area contributed by atoms with E-state index in [4.69, 9.17) is 30.1 Å². The molecule has 38 heavy (non-hydrogen) atoms. The lowest BCUT2D eigenvalue weighted by molar-refractivity contribution is -0.126. The summed E-state index contributed by atoms with van der Waals surface area (Å²) in [6.45, 7) is 0.830. The minimum Gasteiger partial charge on any atom is -0.493 e. The molecular weight excluding hydrogens is 514 g/mol. The first kappa shape index (κ1) is 26.9. The summed E-state index contributed by atoms with van der Waals surface area (Å²) < 4.78 is 25.9. The second kappa shape index (κ2) is 12.0. The number of anilines is 1. The molecule has 3 amide bonds. The normalized spacial score (nSPS) is 15.6. The van der Waals surface area contributed by atoms with Gasteiger partial charge < -0.3 is 40.3 Å². The van der Waals surface area contributed by atoms with Crippen LogP contribution in [0.5, 0.6) is 11.5 Å². The summed E-state index contributed by atoms with van der Waals surface area (Å²) in [6, 6.07) is 7.16. The number of nitrogens with one attached hydrogen (secondary N) is 1. The van der Waals surface area contributed by atoms with Gasteiger partial charge in [-0.05, 0) is 54.2 Å². The smallest absolute Gasteiger partial charge is 0.270 e. The third-order valence-corrected chi connectivity index (χ3v) is 6.99. The van der Waals surface area contributed by atoms with Crippen LogP contribution in [0.3, 0.4) is 0 Å². The van der Waals surface area contributed by atoms with E-state index in [1.807, 2.05) is 0 Å². The Labute approximate surface area is 223 Å². The number of benzene rings is 1. The van der Waals surface area contributed by atoms with Crippen molar-refractivity contribution in [3.05, 3.63) is 58.5 Å². The van der Waals surface area contributed by atoms with Gasteiger partial charge in [-0.25, -0.2) is 0 Å². The monoisotopic (exact) mass is 543 g/mol. The van der Waals surface area contributed by atoms with E-state index in [9.17, 15) is 14.4 Å². The van der Waals surface area contributed by atoms with Crippen molar-refractivity contribution in [2.45, 2.75) is 31.5 Å². The highest BCUT2D eigenvalue weighted by Gasteiger charge is 2.36. The largest absolute Gasteiger partial charge is 0.493 e. The summed E-state index contributed by atoms with van der Waals surface area (Å²) >= 11 is 0.731. The fraction of sp³-hybridized carbons (Fsp3) is 0.360. The van der Waals surface area contributed by atoms with E-state index < -0.39 is 23.8 Å². The van der Waals surface area contributed by atoms with Crippen molar-refractivity contribution >= 4 is 34.9 Å². The molecule has 1 aliphatic heterocycles. The Morgan fingerprint density at radius 2 is 2.03 bits per heavy atom. The third kappa shape index (κ3) is 5.73. The van der Waals surface area contributed by atoms with Crippen molar-refractivity contribution in [1.82, 2.24) is 14.6 Å². The lowest BCUT2D eigenvalue weighted by Gasteiger charge is -2.31. The zero-order valence-corrected chi connectivity index (χ0v) is 21.8. The van der Waals surface area contributed by atoms with Crippen LogP contribution in [-0.4, -0.2) is 60.5 Å². The van der Waals surface area contributed by atoms with E-state index in [2.05, 4.69) is 9.69 Å². The average Bonchev–Trinajstić information content (AvgIpc) is 3.69. The van der Waals surface area contributed by atoms with Gasteiger partial charge in [0.2, 0.25) is 5.91 Å². The van der Waals surface area contributed by atoms with E-state index in [0.717, 1.165) is 24.4 Å². The molecule has 0 bridgehead atoms. The van der Waals surface area contributed by atoms with Gasteiger partial charge >= 0.3 is 0 Å². The molecule has 5 N–H and O–H groups in total. The number of hydrogen-bond donors (Lipinski definition) is 3. The molecule has 2 aromatic heterocycles. The summed E-state index contributed by atoms with van der Waals surface area (Å²) in [4.78, 5) is 40.7. The van der Waals surface area contributed by atoms with E-state index in [1.165, 1.54) is 25.4 Å². The van der Waals surface area contributed by atoms with Gasteiger partial charge in [-0.3, -0.25) is 14.4 Å². The van der Waals surface area contributed by atoms with E-state index in [1.54, 1.807) is 30.3 Å². The van der Waals surface area contributed by atoms with Gasteiger partial charge in [-0.2, -0.15) is 4.37 Å². The Kier molecular flexibility index (Phi) is 8.48. The summed E-state index contributed by atoms with van der Waals surface area (Å²) in [7, 11) is 2.97. The number of nitrogens with zero attached hydrogens (tertiary/aromatic N) is 2. The van der Waals surface area contributed by atoms with Crippen LogP contribution in [0.25, 0.3) is 0 Å². The molecule has 0 radical (unpaired) electrons. The Bertz CT molecular complexity index is 1290. The van der Waals surface area contributed by atoms with Crippen LogP contribution in [-0.2, 0) is 16.1 Å². The molecule has 3 heterocycles. The third-order valence-electron chi connectivity index (χ3n) is 6.13. The number of aromatic nitrogens is 1. The zero-order chi connectivity index (χ0) is 27.2. The van der Waals surface area contributed by atoms with Crippen LogP contribution in [0, 0.1) is 0 Å². The van der Waals surface area contributed by atoms with E-state index >= 15 is 0 Å². The summed E-state index contributed by atoms with van der Waals surface area (Å²) in [5.74, 6) is -0.686. The second-order valence-electron chi connectivity index (χ2n) is 8.55. The summed E-state index contributed by atoms with van der Waals surface area (Å²) in [5.41, 5.74) is 11.5. The fourth-order valence-corrected chi connectivity index (χ4v) is 4.98. The van der Waals surface area contributed by atoms with Crippen LogP contribution in [0.2, 0.25) is 0 Å². The Morgan fingerprint density at radius 1 is 1.24 bits per heavy atom. The first-order chi connectivity index (χ1) is 18.3. The number of nitrogen functional groups attached to an aromatic ring is 1. The molecule has 13 heteroatoms.